The number of benzene rings is 1. The number of carbonyl (C=O) groups excluding carboxylic acids is 1. The van der Waals surface area contributed by atoms with Crippen molar-refractivity contribution in [2.45, 2.75) is 43.9 Å². The number of nitrogens with one attached hydrogen (secondary N) is 1. The molecule has 24 heavy (non-hydrogen) atoms. The summed E-state index contributed by atoms with van der Waals surface area (Å²) >= 11 is 1.41. The molecule has 1 saturated carbocycles. The molecule has 1 amide bonds. The average Bonchev–Trinajstić information content (AvgIpc) is 2.99. The first-order chi connectivity index (χ1) is 11.5. The summed E-state index contributed by atoms with van der Waals surface area (Å²) in [6.07, 6.45) is 6.25. The molecular weight excluding hydrogens is 322 g/mol. The average molecular weight is 345 g/mol. The molecule has 0 unspecified atom stereocenters. The van der Waals surface area contributed by atoms with E-state index in [1.54, 1.807) is 6.20 Å². The lowest BCUT2D eigenvalue weighted by molar-refractivity contribution is -0.121. The van der Waals surface area contributed by atoms with Crippen LogP contribution < -0.4 is 5.32 Å². The monoisotopic (exact) mass is 345 g/mol. The quantitative estimate of drug-likeness (QED) is 0.790. The summed E-state index contributed by atoms with van der Waals surface area (Å²) in [5, 5.41) is 13.6. The lowest BCUT2D eigenvalue weighted by atomic mass is 9.80. The minimum absolute atomic E-state index is 0.0733. The van der Waals surface area contributed by atoms with Crippen molar-refractivity contribution in [3.8, 4) is 5.69 Å². The van der Waals surface area contributed by atoms with Crippen LogP contribution in [0.1, 0.15) is 30.4 Å². The number of hydrogen-bond acceptors (Lipinski definition) is 4. The zero-order valence-electron chi connectivity index (χ0n) is 14.1. The van der Waals surface area contributed by atoms with Gasteiger partial charge in [0, 0.05) is 18.9 Å². The summed E-state index contributed by atoms with van der Waals surface area (Å²) in [6, 6.07) is 6.29. The molecule has 0 saturated heterocycles. The van der Waals surface area contributed by atoms with E-state index in [0.29, 0.717) is 6.54 Å². The topological polar surface area (TPSA) is 67.2 Å². The van der Waals surface area contributed by atoms with Crippen molar-refractivity contribution in [1.82, 2.24) is 14.9 Å². The molecule has 1 aliphatic carbocycles. The van der Waals surface area contributed by atoms with Gasteiger partial charge in [0.25, 0.3) is 0 Å². The number of carbonyl (C=O) groups is 1. The number of amides is 1. The first-order valence-electron chi connectivity index (χ1n) is 8.20. The first-order valence-corrected chi connectivity index (χ1v) is 9.18. The maximum atomic E-state index is 12.0. The summed E-state index contributed by atoms with van der Waals surface area (Å²) < 4.78 is 2.01. The van der Waals surface area contributed by atoms with E-state index in [1.165, 1.54) is 17.3 Å². The SMILES string of the molecule is Cc1ccc(C)c(-n2ccnc2SCC(=O)NCC2(O)CCC2)c1. The van der Waals surface area contributed by atoms with E-state index < -0.39 is 5.60 Å². The van der Waals surface area contributed by atoms with Crippen LogP contribution in [0.4, 0.5) is 0 Å². The fraction of sp³-hybridized carbons (Fsp3) is 0.444. The minimum atomic E-state index is -0.683. The summed E-state index contributed by atoms with van der Waals surface area (Å²) in [6.45, 7) is 4.47. The third-order valence-electron chi connectivity index (χ3n) is 4.46. The van der Waals surface area contributed by atoms with E-state index in [2.05, 4.69) is 42.3 Å². The number of aliphatic hydroxyl groups is 1. The van der Waals surface area contributed by atoms with Crippen LogP contribution in [0.3, 0.4) is 0 Å². The molecule has 0 bridgehead atoms. The summed E-state index contributed by atoms with van der Waals surface area (Å²) in [5.41, 5.74) is 2.75. The van der Waals surface area contributed by atoms with Crippen molar-refractivity contribution in [3.63, 3.8) is 0 Å². The minimum Gasteiger partial charge on any atom is -0.388 e. The predicted octanol–water partition coefficient (Wildman–Crippen LogP) is 2.61. The second kappa shape index (κ2) is 6.99. The van der Waals surface area contributed by atoms with E-state index >= 15 is 0 Å². The maximum absolute atomic E-state index is 12.0. The predicted molar refractivity (Wildman–Crippen MR) is 95.6 cm³/mol. The molecule has 6 heteroatoms. The van der Waals surface area contributed by atoms with Crippen molar-refractivity contribution in [2.75, 3.05) is 12.3 Å². The highest BCUT2D eigenvalue weighted by Crippen LogP contribution is 2.30. The van der Waals surface area contributed by atoms with E-state index in [0.717, 1.165) is 35.7 Å². The number of rotatable bonds is 6. The summed E-state index contributed by atoms with van der Waals surface area (Å²) in [5.74, 6) is 0.216. The number of nitrogens with zero attached hydrogens (tertiary/aromatic N) is 2. The smallest absolute Gasteiger partial charge is 0.230 e. The van der Waals surface area contributed by atoms with E-state index in [-0.39, 0.29) is 11.7 Å². The number of aromatic nitrogens is 2. The highest BCUT2D eigenvalue weighted by molar-refractivity contribution is 7.99. The van der Waals surface area contributed by atoms with Crippen molar-refractivity contribution < 1.29 is 9.90 Å². The van der Waals surface area contributed by atoms with Crippen molar-refractivity contribution in [2.24, 2.45) is 0 Å². The van der Waals surface area contributed by atoms with Gasteiger partial charge in [0.1, 0.15) is 0 Å². The molecule has 1 fully saturated rings. The van der Waals surface area contributed by atoms with Crippen LogP contribution >= 0.6 is 11.8 Å². The Hall–Kier alpha value is -1.79. The number of aryl methyl sites for hydroxylation is 2. The van der Waals surface area contributed by atoms with Gasteiger partial charge in [-0.05, 0) is 50.3 Å². The van der Waals surface area contributed by atoms with Gasteiger partial charge in [-0.15, -0.1) is 0 Å². The number of imidazole rings is 1. The fourth-order valence-electron chi connectivity index (χ4n) is 2.76. The van der Waals surface area contributed by atoms with Crippen LogP contribution in [-0.2, 0) is 4.79 Å². The Labute approximate surface area is 146 Å². The highest BCUT2D eigenvalue weighted by atomic mass is 32.2. The third-order valence-corrected chi connectivity index (χ3v) is 5.43. The number of thioether (sulfide) groups is 1. The molecule has 0 radical (unpaired) electrons. The molecule has 1 aromatic carbocycles. The molecule has 0 spiro atoms. The maximum Gasteiger partial charge on any atom is 0.230 e. The second-order valence-corrected chi connectivity index (χ2v) is 7.46. The molecule has 5 nitrogen and oxygen atoms in total. The van der Waals surface area contributed by atoms with E-state index in [9.17, 15) is 9.90 Å². The summed E-state index contributed by atoms with van der Waals surface area (Å²) in [7, 11) is 0. The molecular formula is C18H23N3O2S. The molecule has 1 heterocycles. The summed E-state index contributed by atoms with van der Waals surface area (Å²) in [4.78, 5) is 16.4. The Bertz CT molecular complexity index is 738. The van der Waals surface area contributed by atoms with Crippen molar-refractivity contribution in [3.05, 3.63) is 41.7 Å². The van der Waals surface area contributed by atoms with Gasteiger partial charge in [-0.1, -0.05) is 23.9 Å². The molecule has 1 aliphatic rings. The van der Waals surface area contributed by atoms with Gasteiger partial charge in [-0.25, -0.2) is 4.98 Å². The van der Waals surface area contributed by atoms with E-state index in [4.69, 9.17) is 0 Å². The normalized spacial score (nSPS) is 15.8. The molecule has 2 N–H and O–H groups in total. The lowest BCUT2D eigenvalue weighted by Crippen LogP contribution is -2.48. The van der Waals surface area contributed by atoms with Crippen LogP contribution in [0.15, 0.2) is 35.7 Å². The molecule has 2 aromatic rings. The van der Waals surface area contributed by atoms with Gasteiger partial charge in [0.05, 0.1) is 17.0 Å². The molecule has 128 valence electrons. The zero-order chi connectivity index (χ0) is 17.2. The largest absolute Gasteiger partial charge is 0.388 e. The molecule has 3 rings (SSSR count). The Morgan fingerprint density at radius 2 is 2.21 bits per heavy atom. The van der Waals surface area contributed by atoms with Gasteiger partial charge in [-0.2, -0.15) is 0 Å². The van der Waals surface area contributed by atoms with Gasteiger partial charge >= 0.3 is 0 Å². The van der Waals surface area contributed by atoms with Gasteiger partial charge in [0.2, 0.25) is 5.91 Å². The zero-order valence-corrected chi connectivity index (χ0v) is 14.9. The Kier molecular flexibility index (Phi) is 4.96. The Balaban J connectivity index is 1.61. The second-order valence-electron chi connectivity index (χ2n) is 6.51. The van der Waals surface area contributed by atoms with Crippen LogP contribution in [0, 0.1) is 13.8 Å². The first kappa shape index (κ1) is 17.0. The van der Waals surface area contributed by atoms with Gasteiger partial charge in [-0.3, -0.25) is 9.36 Å². The molecule has 0 atom stereocenters. The Morgan fingerprint density at radius 1 is 1.42 bits per heavy atom. The van der Waals surface area contributed by atoms with Gasteiger partial charge in [0.15, 0.2) is 5.16 Å². The van der Waals surface area contributed by atoms with Crippen LogP contribution in [0.5, 0.6) is 0 Å². The molecule has 1 aromatic heterocycles. The van der Waals surface area contributed by atoms with Crippen molar-refractivity contribution >= 4 is 17.7 Å². The standard InChI is InChI=1S/C18H23N3O2S/c1-13-4-5-14(2)15(10-13)21-9-8-19-17(21)24-11-16(22)20-12-18(23)6-3-7-18/h4-5,8-10,23H,3,6-7,11-12H2,1-2H3,(H,20,22). The van der Waals surface area contributed by atoms with Crippen LogP contribution in [0.25, 0.3) is 5.69 Å². The van der Waals surface area contributed by atoms with E-state index in [1.807, 2.05) is 10.8 Å². The Morgan fingerprint density at radius 3 is 2.92 bits per heavy atom. The lowest BCUT2D eigenvalue weighted by Gasteiger charge is -2.36. The highest BCUT2D eigenvalue weighted by Gasteiger charge is 2.34. The fourth-order valence-corrected chi connectivity index (χ4v) is 3.56. The molecule has 0 aliphatic heterocycles. The van der Waals surface area contributed by atoms with Crippen LogP contribution in [0.2, 0.25) is 0 Å². The van der Waals surface area contributed by atoms with Crippen molar-refractivity contribution in [1.29, 1.82) is 0 Å². The van der Waals surface area contributed by atoms with Crippen LogP contribution in [-0.4, -0.2) is 38.5 Å². The van der Waals surface area contributed by atoms with Gasteiger partial charge < -0.3 is 10.4 Å². The number of hydrogen-bond donors (Lipinski definition) is 2. The third kappa shape index (κ3) is 3.82.